The molecule has 0 saturated carbocycles. The van der Waals surface area contributed by atoms with Gasteiger partial charge in [-0.05, 0) is 33.9 Å². The second-order valence-electron chi connectivity index (χ2n) is 5.65. The maximum absolute atomic E-state index is 10.6. The molecule has 0 atom stereocenters. The van der Waals surface area contributed by atoms with Gasteiger partial charge in [0.05, 0.1) is 0 Å². The normalized spacial score (nSPS) is 15.1. The number of carbonyl (C=O) groups is 1. The topological polar surface area (TPSA) is 37.3 Å². The molecule has 0 heterocycles. The summed E-state index contributed by atoms with van der Waals surface area (Å²) in [5.41, 5.74) is 5.99. The summed E-state index contributed by atoms with van der Waals surface area (Å²) in [6.45, 7) is 4.42. The average molecular weight is 264 g/mol. The van der Waals surface area contributed by atoms with Crippen LogP contribution in [0.1, 0.15) is 30.5 Å². The Morgan fingerprint density at radius 3 is 2.50 bits per heavy atom. The van der Waals surface area contributed by atoms with E-state index in [0.717, 1.165) is 5.56 Å². The highest BCUT2D eigenvalue weighted by Gasteiger charge is 2.34. The third-order valence-electron chi connectivity index (χ3n) is 4.03. The molecule has 2 aromatic rings. The van der Waals surface area contributed by atoms with Crippen molar-refractivity contribution in [2.75, 3.05) is 0 Å². The number of fused-ring (bicyclic) bond motifs is 3. The Kier molecular flexibility index (Phi) is 2.75. The van der Waals surface area contributed by atoms with E-state index in [-0.39, 0.29) is 5.41 Å². The Bertz CT molecular complexity index is 724. The van der Waals surface area contributed by atoms with Crippen molar-refractivity contribution in [2.45, 2.75) is 19.3 Å². The number of hydrogen-bond donors (Lipinski definition) is 1. The van der Waals surface area contributed by atoms with Crippen molar-refractivity contribution in [3.8, 4) is 11.1 Å². The first-order valence-electron chi connectivity index (χ1n) is 6.65. The SMILES string of the molecule is CC1(C)c2ccccc2-c2ccc(C=CC(=O)O)cc21. The van der Waals surface area contributed by atoms with E-state index in [9.17, 15) is 4.79 Å². The first-order valence-corrected chi connectivity index (χ1v) is 6.65. The van der Waals surface area contributed by atoms with E-state index >= 15 is 0 Å². The lowest BCUT2D eigenvalue weighted by Gasteiger charge is -2.21. The summed E-state index contributed by atoms with van der Waals surface area (Å²) in [4.78, 5) is 10.6. The molecule has 0 aliphatic heterocycles. The van der Waals surface area contributed by atoms with Crippen molar-refractivity contribution in [3.05, 3.63) is 65.2 Å². The van der Waals surface area contributed by atoms with Crippen LogP contribution >= 0.6 is 0 Å². The van der Waals surface area contributed by atoms with Crippen molar-refractivity contribution in [1.82, 2.24) is 0 Å². The standard InChI is InChI=1S/C18H16O2/c1-18(2)15-6-4-3-5-13(15)14-9-7-12(11-16(14)18)8-10-17(19)20/h3-11H,1-2H3,(H,19,20). The molecule has 20 heavy (non-hydrogen) atoms. The lowest BCUT2D eigenvalue weighted by atomic mass is 9.82. The molecule has 0 radical (unpaired) electrons. The second-order valence-corrected chi connectivity index (χ2v) is 5.65. The molecule has 0 saturated heterocycles. The van der Waals surface area contributed by atoms with Gasteiger partial charge >= 0.3 is 5.97 Å². The van der Waals surface area contributed by atoms with Crippen LogP contribution in [0.3, 0.4) is 0 Å². The molecular formula is C18H16O2. The summed E-state index contributed by atoms with van der Waals surface area (Å²) in [5, 5.41) is 8.73. The van der Waals surface area contributed by atoms with Crippen LogP contribution in [-0.4, -0.2) is 11.1 Å². The molecule has 0 bridgehead atoms. The zero-order chi connectivity index (χ0) is 14.3. The van der Waals surface area contributed by atoms with Gasteiger partial charge in [-0.1, -0.05) is 56.3 Å². The maximum Gasteiger partial charge on any atom is 0.328 e. The van der Waals surface area contributed by atoms with E-state index in [4.69, 9.17) is 5.11 Å². The van der Waals surface area contributed by atoms with Crippen LogP contribution in [0.2, 0.25) is 0 Å². The van der Waals surface area contributed by atoms with Crippen molar-refractivity contribution in [3.63, 3.8) is 0 Å². The van der Waals surface area contributed by atoms with E-state index in [1.54, 1.807) is 6.08 Å². The first-order chi connectivity index (χ1) is 9.50. The van der Waals surface area contributed by atoms with Crippen molar-refractivity contribution in [2.24, 2.45) is 0 Å². The average Bonchev–Trinajstić information content (AvgIpc) is 2.66. The summed E-state index contributed by atoms with van der Waals surface area (Å²) in [7, 11) is 0. The minimum atomic E-state index is -0.923. The van der Waals surface area contributed by atoms with Crippen LogP contribution in [0.4, 0.5) is 0 Å². The van der Waals surface area contributed by atoms with Crippen molar-refractivity contribution in [1.29, 1.82) is 0 Å². The molecule has 2 aromatic carbocycles. The zero-order valence-corrected chi connectivity index (χ0v) is 11.6. The first kappa shape index (κ1) is 12.7. The van der Waals surface area contributed by atoms with E-state index in [0.29, 0.717) is 0 Å². The Balaban J connectivity index is 2.15. The Morgan fingerprint density at radius 2 is 1.75 bits per heavy atom. The van der Waals surface area contributed by atoms with Gasteiger partial charge in [-0.15, -0.1) is 0 Å². The summed E-state index contributed by atoms with van der Waals surface area (Å²) in [6.07, 6.45) is 2.82. The lowest BCUT2D eigenvalue weighted by molar-refractivity contribution is -0.131. The van der Waals surface area contributed by atoms with Gasteiger partial charge < -0.3 is 5.11 Å². The molecule has 0 spiro atoms. The quantitative estimate of drug-likeness (QED) is 0.829. The number of carboxylic acids is 1. The van der Waals surface area contributed by atoms with Gasteiger partial charge in [-0.3, -0.25) is 0 Å². The molecular weight excluding hydrogens is 248 g/mol. The molecule has 1 aliphatic carbocycles. The highest BCUT2D eigenvalue weighted by molar-refractivity contribution is 5.86. The molecule has 1 aliphatic rings. The number of aliphatic carboxylic acids is 1. The predicted molar refractivity (Wildman–Crippen MR) is 80.7 cm³/mol. The highest BCUT2D eigenvalue weighted by Crippen LogP contribution is 2.48. The molecule has 2 heteroatoms. The van der Waals surface area contributed by atoms with E-state index < -0.39 is 5.97 Å². The minimum absolute atomic E-state index is 0.0427. The molecule has 0 amide bonds. The molecule has 100 valence electrons. The van der Waals surface area contributed by atoms with Crippen LogP contribution < -0.4 is 0 Å². The van der Waals surface area contributed by atoms with Gasteiger partial charge in [0.2, 0.25) is 0 Å². The Hall–Kier alpha value is -2.35. The number of carboxylic acid groups (broad SMARTS) is 1. The molecule has 0 fully saturated rings. The van der Waals surface area contributed by atoms with Crippen LogP contribution in [0.25, 0.3) is 17.2 Å². The van der Waals surface area contributed by atoms with E-state index in [1.165, 1.54) is 28.3 Å². The third-order valence-corrected chi connectivity index (χ3v) is 4.03. The summed E-state index contributed by atoms with van der Waals surface area (Å²) < 4.78 is 0. The smallest absolute Gasteiger partial charge is 0.328 e. The van der Waals surface area contributed by atoms with Gasteiger partial charge in [0.25, 0.3) is 0 Å². The van der Waals surface area contributed by atoms with Crippen LogP contribution in [0.15, 0.2) is 48.5 Å². The maximum atomic E-state index is 10.6. The van der Waals surface area contributed by atoms with Crippen LogP contribution in [0, 0.1) is 0 Å². The van der Waals surface area contributed by atoms with Gasteiger partial charge in [-0.25, -0.2) is 4.79 Å². The summed E-state index contributed by atoms with van der Waals surface area (Å²) >= 11 is 0. The van der Waals surface area contributed by atoms with Gasteiger partial charge in [0.15, 0.2) is 0 Å². The second kappa shape index (κ2) is 4.34. The largest absolute Gasteiger partial charge is 0.478 e. The van der Waals surface area contributed by atoms with Crippen LogP contribution in [0.5, 0.6) is 0 Å². The zero-order valence-electron chi connectivity index (χ0n) is 11.6. The Labute approximate surface area is 118 Å². The third kappa shape index (κ3) is 1.85. The fourth-order valence-electron chi connectivity index (χ4n) is 2.99. The molecule has 2 nitrogen and oxygen atoms in total. The summed E-state index contributed by atoms with van der Waals surface area (Å²) in [5.74, 6) is -0.923. The number of hydrogen-bond acceptors (Lipinski definition) is 1. The predicted octanol–water partition coefficient (Wildman–Crippen LogP) is 4.09. The summed E-state index contributed by atoms with van der Waals surface area (Å²) in [6, 6.07) is 14.6. The molecule has 1 N–H and O–H groups in total. The van der Waals surface area contributed by atoms with E-state index in [2.05, 4.69) is 50.2 Å². The number of benzene rings is 2. The minimum Gasteiger partial charge on any atom is -0.478 e. The van der Waals surface area contributed by atoms with E-state index in [1.807, 2.05) is 6.07 Å². The molecule has 3 rings (SSSR count). The molecule has 0 aromatic heterocycles. The Morgan fingerprint density at radius 1 is 1.05 bits per heavy atom. The van der Waals surface area contributed by atoms with Crippen LogP contribution in [-0.2, 0) is 10.2 Å². The lowest BCUT2D eigenvalue weighted by Crippen LogP contribution is -2.14. The van der Waals surface area contributed by atoms with Gasteiger partial charge in [0, 0.05) is 11.5 Å². The van der Waals surface area contributed by atoms with Gasteiger partial charge in [0.1, 0.15) is 0 Å². The van der Waals surface area contributed by atoms with Crippen molar-refractivity contribution >= 4 is 12.0 Å². The van der Waals surface area contributed by atoms with Crippen molar-refractivity contribution < 1.29 is 9.90 Å². The van der Waals surface area contributed by atoms with Gasteiger partial charge in [-0.2, -0.15) is 0 Å². The fourth-order valence-corrected chi connectivity index (χ4v) is 2.99. The molecule has 0 unspecified atom stereocenters. The fraction of sp³-hybridized carbons (Fsp3) is 0.167. The monoisotopic (exact) mass is 264 g/mol. The highest BCUT2D eigenvalue weighted by atomic mass is 16.4. The number of rotatable bonds is 2.